The summed E-state index contributed by atoms with van der Waals surface area (Å²) in [4.78, 5) is 10.9. The van der Waals surface area contributed by atoms with Gasteiger partial charge in [-0.05, 0) is 18.2 Å². The number of benzene rings is 1. The predicted molar refractivity (Wildman–Crippen MR) is 73.9 cm³/mol. The molecule has 19 heavy (non-hydrogen) atoms. The summed E-state index contributed by atoms with van der Waals surface area (Å²) in [5.41, 5.74) is 2.31. The standard InChI is InChI=1S/C15H12N2O2/c18-17(19)15-13-9-5-4-6-11(13)10-14(15)16-12-7-2-1-3-8-12/h1-11,16H. The van der Waals surface area contributed by atoms with Gasteiger partial charge in [-0.3, -0.25) is 10.1 Å². The van der Waals surface area contributed by atoms with Gasteiger partial charge in [-0.2, -0.15) is 0 Å². The summed E-state index contributed by atoms with van der Waals surface area (Å²) in [5.74, 6) is -0.00314. The molecule has 2 aliphatic carbocycles. The monoisotopic (exact) mass is 252 g/mol. The third kappa shape index (κ3) is 2.08. The van der Waals surface area contributed by atoms with Gasteiger partial charge in [0.15, 0.2) is 0 Å². The third-order valence-electron chi connectivity index (χ3n) is 3.17. The lowest BCUT2D eigenvalue weighted by Crippen LogP contribution is -2.09. The van der Waals surface area contributed by atoms with E-state index in [0.717, 1.165) is 11.3 Å². The lowest BCUT2D eigenvalue weighted by atomic mass is 9.98. The van der Waals surface area contributed by atoms with Crippen LogP contribution in [0.5, 0.6) is 0 Å². The highest BCUT2D eigenvalue weighted by atomic mass is 16.6. The maximum atomic E-state index is 11.3. The van der Waals surface area contributed by atoms with Gasteiger partial charge >= 0.3 is 0 Å². The molecular weight excluding hydrogens is 240 g/mol. The SMILES string of the molecule is O=[N+]([O-])C1=C2C=CC=CC2C=C1Nc1ccccc1. The van der Waals surface area contributed by atoms with Gasteiger partial charge in [0, 0.05) is 17.2 Å². The Morgan fingerprint density at radius 1 is 1.16 bits per heavy atom. The number of hydrogen-bond acceptors (Lipinski definition) is 3. The Bertz CT molecular complexity index is 639. The molecule has 0 radical (unpaired) electrons. The Morgan fingerprint density at radius 3 is 2.68 bits per heavy atom. The molecule has 0 saturated heterocycles. The van der Waals surface area contributed by atoms with E-state index in [0.29, 0.717) is 5.70 Å². The fourth-order valence-corrected chi connectivity index (χ4v) is 2.34. The van der Waals surface area contributed by atoms with Crippen LogP contribution in [0.4, 0.5) is 5.69 Å². The minimum atomic E-state index is -0.319. The van der Waals surface area contributed by atoms with Crippen LogP contribution in [0, 0.1) is 16.0 Å². The Hall–Kier alpha value is -2.62. The summed E-state index contributed by atoms with van der Waals surface area (Å²) >= 11 is 0. The molecule has 0 heterocycles. The molecule has 0 aromatic heterocycles. The van der Waals surface area contributed by atoms with Crippen molar-refractivity contribution in [2.24, 2.45) is 5.92 Å². The minimum Gasteiger partial charge on any atom is -0.350 e. The Morgan fingerprint density at radius 2 is 1.95 bits per heavy atom. The van der Waals surface area contributed by atoms with Gasteiger partial charge in [0.25, 0.3) is 5.70 Å². The number of rotatable bonds is 3. The summed E-state index contributed by atoms with van der Waals surface area (Å²) in [7, 11) is 0. The molecule has 3 rings (SSSR count). The maximum absolute atomic E-state index is 11.3. The van der Waals surface area contributed by atoms with Crippen molar-refractivity contribution in [3.8, 4) is 0 Å². The van der Waals surface area contributed by atoms with E-state index < -0.39 is 0 Å². The first kappa shape index (κ1) is 11.5. The molecule has 0 fully saturated rings. The minimum absolute atomic E-state index is 0.00314. The van der Waals surface area contributed by atoms with Crippen LogP contribution in [0.1, 0.15) is 0 Å². The van der Waals surface area contributed by atoms with Gasteiger partial charge < -0.3 is 5.32 Å². The Labute approximate surface area is 110 Å². The van der Waals surface area contributed by atoms with Crippen LogP contribution >= 0.6 is 0 Å². The van der Waals surface area contributed by atoms with E-state index in [2.05, 4.69) is 5.32 Å². The average Bonchev–Trinajstić information content (AvgIpc) is 2.77. The van der Waals surface area contributed by atoms with E-state index in [1.54, 1.807) is 6.08 Å². The molecule has 0 aliphatic heterocycles. The van der Waals surface area contributed by atoms with Crippen LogP contribution in [0.3, 0.4) is 0 Å². The molecule has 0 amide bonds. The molecule has 4 nitrogen and oxygen atoms in total. The third-order valence-corrected chi connectivity index (χ3v) is 3.17. The molecule has 1 aromatic rings. The zero-order chi connectivity index (χ0) is 13.2. The van der Waals surface area contributed by atoms with Crippen molar-refractivity contribution >= 4 is 5.69 Å². The van der Waals surface area contributed by atoms with Crippen LogP contribution in [0.25, 0.3) is 0 Å². The fraction of sp³-hybridized carbons (Fsp3) is 0.0667. The zero-order valence-corrected chi connectivity index (χ0v) is 10.1. The van der Waals surface area contributed by atoms with Crippen molar-refractivity contribution in [3.05, 3.63) is 87.8 Å². The summed E-state index contributed by atoms with van der Waals surface area (Å²) in [6, 6.07) is 9.47. The second-order valence-corrected chi connectivity index (χ2v) is 4.40. The van der Waals surface area contributed by atoms with Crippen molar-refractivity contribution < 1.29 is 4.92 Å². The summed E-state index contributed by atoms with van der Waals surface area (Å²) in [5, 5.41) is 14.4. The van der Waals surface area contributed by atoms with Crippen molar-refractivity contribution in [1.82, 2.24) is 0 Å². The number of fused-ring (bicyclic) bond motifs is 1. The predicted octanol–water partition coefficient (Wildman–Crippen LogP) is 3.27. The van der Waals surface area contributed by atoms with Crippen molar-refractivity contribution in [3.63, 3.8) is 0 Å². The van der Waals surface area contributed by atoms with Crippen LogP contribution in [0.2, 0.25) is 0 Å². The van der Waals surface area contributed by atoms with E-state index in [9.17, 15) is 10.1 Å². The average molecular weight is 252 g/mol. The fourth-order valence-electron chi connectivity index (χ4n) is 2.34. The van der Waals surface area contributed by atoms with Crippen molar-refractivity contribution in [2.45, 2.75) is 0 Å². The molecule has 1 N–H and O–H groups in total. The van der Waals surface area contributed by atoms with Crippen LogP contribution < -0.4 is 5.32 Å². The Kier molecular flexibility index (Phi) is 2.76. The van der Waals surface area contributed by atoms with Gasteiger partial charge in [-0.25, -0.2) is 0 Å². The summed E-state index contributed by atoms with van der Waals surface area (Å²) in [6.45, 7) is 0. The van der Waals surface area contributed by atoms with E-state index in [-0.39, 0.29) is 16.5 Å². The molecule has 2 aliphatic rings. The van der Waals surface area contributed by atoms with Crippen molar-refractivity contribution in [1.29, 1.82) is 0 Å². The number of hydrogen-bond donors (Lipinski definition) is 1. The summed E-state index contributed by atoms with van der Waals surface area (Å²) < 4.78 is 0. The molecular formula is C15H12N2O2. The lowest BCUT2D eigenvalue weighted by molar-refractivity contribution is -0.421. The number of nitrogens with zero attached hydrogens (tertiary/aromatic N) is 1. The highest BCUT2D eigenvalue weighted by molar-refractivity contribution is 5.59. The van der Waals surface area contributed by atoms with Crippen LogP contribution in [-0.2, 0) is 0 Å². The van der Waals surface area contributed by atoms with Crippen LogP contribution in [-0.4, -0.2) is 4.92 Å². The van der Waals surface area contributed by atoms with E-state index in [1.807, 2.05) is 54.6 Å². The molecule has 1 atom stereocenters. The van der Waals surface area contributed by atoms with Gasteiger partial charge in [-0.15, -0.1) is 0 Å². The first-order chi connectivity index (χ1) is 9.25. The largest absolute Gasteiger partial charge is 0.350 e. The number of para-hydroxylation sites is 1. The maximum Gasteiger partial charge on any atom is 0.296 e. The molecule has 0 spiro atoms. The van der Waals surface area contributed by atoms with E-state index >= 15 is 0 Å². The highest BCUT2D eigenvalue weighted by Crippen LogP contribution is 2.35. The first-order valence-electron chi connectivity index (χ1n) is 6.03. The molecule has 0 bridgehead atoms. The molecule has 0 saturated carbocycles. The number of nitrogens with one attached hydrogen (secondary N) is 1. The second kappa shape index (κ2) is 4.57. The van der Waals surface area contributed by atoms with E-state index in [4.69, 9.17) is 0 Å². The van der Waals surface area contributed by atoms with Gasteiger partial charge in [-0.1, -0.05) is 42.5 Å². The quantitative estimate of drug-likeness (QED) is 0.663. The summed E-state index contributed by atoms with van der Waals surface area (Å²) in [6.07, 6.45) is 9.39. The smallest absolute Gasteiger partial charge is 0.296 e. The lowest BCUT2D eigenvalue weighted by Gasteiger charge is -2.06. The van der Waals surface area contributed by atoms with Gasteiger partial charge in [0.05, 0.1) is 4.92 Å². The van der Waals surface area contributed by atoms with Crippen LogP contribution in [0.15, 0.2) is 77.7 Å². The normalized spacial score (nSPS) is 20.2. The first-order valence-corrected chi connectivity index (χ1v) is 6.03. The number of anilines is 1. The van der Waals surface area contributed by atoms with E-state index in [1.165, 1.54) is 0 Å². The van der Waals surface area contributed by atoms with Gasteiger partial charge in [0.2, 0.25) is 0 Å². The topological polar surface area (TPSA) is 55.2 Å². The van der Waals surface area contributed by atoms with Crippen molar-refractivity contribution in [2.75, 3.05) is 5.32 Å². The zero-order valence-electron chi connectivity index (χ0n) is 10.1. The molecule has 4 heteroatoms. The molecule has 1 unspecified atom stereocenters. The molecule has 1 aromatic carbocycles. The second-order valence-electron chi connectivity index (χ2n) is 4.40. The number of nitro groups is 1. The number of allylic oxidation sites excluding steroid dienone is 6. The highest BCUT2D eigenvalue weighted by Gasteiger charge is 2.33. The van der Waals surface area contributed by atoms with Gasteiger partial charge in [0.1, 0.15) is 5.70 Å². The molecule has 94 valence electrons. The Balaban J connectivity index is 1.97.